The van der Waals surface area contributed by atoms with Crippen LogP contribution < -0.4 is 15.4 Å². The van der Waals surface area contributed by atoms with E-state index in [1.54, 1.807) is 18.2 Å². The second kappa shape index (κ2) is 7.53. The minimum atomic E-state index is -0.188. The molecule has 0 radical (unpaired) electrons. The summed E-state index contributed by atoms with van der Waals surface area (Å²) in [6.45, 7) is 5.58. The second-order valence-corrected chi connectivity index (χ2v) is 5.08. The Kier molecular flexibility index (Phi) is 6.03. The summed E-state index contributed by atoms with van der Waals surface area (Å²) in [6.07, 6.45) is 1.33. The van der Waals surface area contributed by atoms with Gasteiger partial charge in [-0.1, -0.05) is 13.8 Å². The molecule has 2 amide bonds. The van der Waals surface area contributed by atoms with E-state index in [0.29, 0.717) is 29.5 Å². The molecule has 5 heteroatoms. The molecule has 5 nitrogen and oxygen atoms in total. The Bertz CT molecular complexity index is 484. The molecular formula is C15H22N2O3. The van der Waals surface area contributed by atoms with Crippen LogP contribution in [0, 0.1) is 5.92 Å². The third-order valence-corrected chi connectivity index (χ3v) is 2.74. The maximum absolute atomic E-state index is 11.8. The Balaban J connectivity index is 2.75. The molecule has 0 aliphatic rings. The first-order valence-corrected chi connectivity index (χ1v) is 6.68. The Labute approximate surface area is 119 Å². The summed E-state index contributed by atoms with van der Waals surface area (Å²) in [5, 5.41) is 5.49. The topological polar surface area (TPSA) is 67.4 Å². The van der Waals surface area contributed by atoms with Gasteiger partial charge in [0.1, 0.15) is 5.75 Å². The molecule has 1 aromatic rings. The number of methoxy groups -OCH3 is 1. The molecule has 0 saturated heterocycles. The second-order valence-electron chi connectivity index (χ2n) is 5.08. The first kappa shape index (κ1) is 16.0. The molecule has 1 aromatic carbocycles. The molecule has 0 aliphatic heterocycles. The van der Waals surface area contributed by atoms with Crippen LogP contribution in [-0.4, -0.2) is 18.9 Å². The summed E-state index contributed by atoms with van der Waals surface area (Å²) in [4.78, 5) is 22.9. The van der Waals surface area contributed by atoms with Gasteiger partial charge in [-0.3, -0.25) is 9.59 Å². The molecule has 1 rings (SSSR count). The van der Waals surface area contributed by atoms with Crippen molar-refractivity contribution < 1.29 is 14.3 Å². The van der Waals surface area contributed by atoms with Gasteiger partial charge in [-0.25, -0.2) is 0 Å². The van der Waals surface area contributed by atoms with Crippen molar-refractivity contribution in [3.63, 3.8) is 0 Å². The standard InChI is InChI=1S/C15H22N2O3/c1-10(2)5-8-15(19)17-12-6-7-14(20-4)13(9-12)16-11(3)18/h6-7,9-10H,5,8H2,1-4H3,(H,16,18)(H,17,19). The zero-order valence-corrected chi connectivity index (χ0v) is 12.4. The molecule has 0 unspecified atom stereocenters. The lowest BCUT2D eigenvalue weighted by atomic mass is 10.1. The Hall–Kier alpha value is -2.04. The van der Waals surface area contributed by atoms with Crippen LogP contribution in [-0.2, 0) is 9.59 Å². The SMILES string of the molecule is COc1ccc(NC(=O)CCC(C)C)cc1NC(C)=O. The molecule has 0 spiro atoms. The molecule has 0 atom stereocenters. The summed E-state index contributed by atoms with van der Waals surface area (Å²) < 4.78 is 5.16. The van der Waals surface area contributed by atoms with Crippen LogP contribution >= 0.6 is 0 Å². The van der Waals surface area contributed by atoms with Gasteiger partial charge in [0.2, 0.25) is 11.8 Å². The Morgan fingerprint density at radius 3 is 2.50 bits per heavy atom. The number of carbonyl (C=O) groups excluding carboxylic acids is 2. The van der Waals surface area contributed by atoms with Crippen LogP contribution in [0.3, 0.4) is 0 Å². The van der Waals surface area contributed by atoms with E-state index < -0.39 is 0 Å². The molecule has 0 bridgehead atoms. The highest BCUT2D eigenvalue weighted by Gasteiger charge is 2.08. The number of hydrogen-bond acceptors (Lipinski definition) is 3. The molecule has 0 fully saturated rings. The van der Waals surface area contributed by atoms with Crippen molar-refractivity contribution in [3.05, 3.63) is 18.2 Å². The number of anilines is 2. The minimum Gasteiger partial charge on any atom is -0.495 e. The summed E-state index contributed by atoms with van der Waals surface area (Å²) in [7, 11) is 1.53. The highest BCUT2D eigenvalue weighted by atomic mass is 16.5. The summed E-state index contributed by atoms with van der Waals surface area (Å²) in [5.74, 6) is 0.830. The van der Waals surface area contributed by atoms with Gasteiger partial charge in [-0.15, -0.1) is 0 Å². The van der Waals surface area contributed by atoms with E-state index in [2.05, 4.69) is 24.5 Å². The molecule has 2 N–H and O–H groups in total. The largest absolute Gasteiger partial charge is 0.495 e. The Morgan fingerprint density at radius 1 is 1.25 bits per heavy atom. The van der Waals surface area contributed by atoms with Crippen molar-refractivity contribution in [2.45, 2.75) is 33.6 Å². The van der Waals surface area contributed by atoms with Gasteiger partial charge in [0.25, 0.3) is 0 Å². The fourth-order valence-corrected chi connectivity index (χ4v) is 1.72. The van der Waals surface area contributed by atoms with Gasteiger partial charge >= 0.3 is 0 Å². The summed E-state index contributed by atoms with van der Waals surface area (Å²) in [5.41, 5.74) is 1.19. The average Bonchev–Trinajstić information content (AvgIpc) is 2.36. The predicted octanol–water partition coefficient (Wildman–Crippen LogP) is 3.03. The fraction of sp³-hybridized carbons (Fsp3) is 0.467. The predicted molar refractivity (Wildman–Crippen MR) is 80.0 cm³/mol. The quantitative estimate of drug-likeness (QED) is 0.840. The minimum absolute atomic E-state index is 0.0300. The molecular weight excluding hydrogens is 256 g/mol. The zero-order valence-electron chi connectivity index (χ0n) is 12.4. The number of nitrogens with one attached hydrogen (secondary N) is 2. The third-order valence-electron chi connectivity index (χ3n) is 2.74. The fourth-order valence-electron chi connectivity index (χ4n) is 1.72. The first-order valence-electron chi connectivity index (χ1n) is 6.68. The third kappa shape index (κ3) is 5.30. The van der Waals surface area contributed by atoms with E-state index in [9.17, 15) is 9.59 Å². The van der Waals surface area contributed by atoms with Crippen LogP contribution in [0.5, 0.6) is 5.75 Å². The van der Waals surface area contributed by atoms with Gasteiger partial charge in [-0.05, 0) is 30.5 Å². The lowest BCUT2D eigenvalue weighted by Gasteiger charge is -2.12. The van der Waals surface area contributed by atoms with Crippen LogP contribution in [0.25, 0.3) is 0 Å². The summed E-state index contributed by atoms with van der Waals surface area (Å²) >= 11 is 0. The molecule has 0 saturated carbocycles. The van der Waals surface area contributed by atoms with Gasteiger partial charge in [-0.2, -0.15) is 0 Å². The maximum atomic E-state index is 11.8. The van der Waals surface area contributed by atoms with E-state index in [4.69, 9.17) is 4.74 Å². The molecule has 110 valence electrons. The highest BCUT2D eigenvalue weighted by molar-refractivity contribution is 5.94. The Morgan fingerprint density at radius 2 is 1.95 bits per heavy atom. The number of benzene rings is 1. The van der Waals surface area contributed by atoms with E-state index in [-0.39, 0.29) is 11.8 Å². The number of hydrogen-bond donors (Lipinski definition) is 2. The number of rotatable bonds is 6. The van der Waals surface area contributed by atoms with E-state index in [1.165, 1.54) is 14.0 Å². The van der Waals surface area contributed by atoms with Crippen molar-refractivity contribution in [3.8, 4) is 5.75 Å². The first-order chi connectivity index (χ1) is 9.42. The van der Waals surface area contributed by atoms with E-state index >= 15 is 0 Å². The average molecular weight is 278 g/mol. The van der Waals surface area contributed by atoms with Crippen LogP contribution in [0.4, 0.5) is 11.4 Å². The van der Waals surface area contributed by atoms with Crippen LogP contribution in [0.1, 0.15) is 33.6 Å². The van der Waals surface area contributed by atoms with Gasteiger partial charge in [0, 0.05) is 19.0 Å². The van der Waals surface area contributed by atoms with E-state index in [1.807, 2.05) is 0 Å². The number of carbonyl (C=O) groups is 2. The molecule has 0 heterocycles. The van der Waals surface area contributed by atoms with Crippen molar-refractivity contribution in [2.24, 2.45) is 5.92 Å². The molecule has 0 aliphatic carbocycles. The zero-order chi connectivity index (χ0) is 15.1. The van der Waals surface area contributed by atoms with Crippen LogP contribution in [0.2, 0.25) is 0 Å². The van der Waals surface area contributed by atoms with Gasteiger partial charge in [0.05, 0.1) is 12.8 Å². The number of ether oxygens (including phenoxy) is 1. The van der Waals surface area contributed by atoms with Crippen molar-refractivity contribution in [1.29, 1.82) is 0 Å². The van der Waals surface area contributed by atoms with Crippen molar-refractivity contribution in [1.82, 2.24) is 0 Å². The van der Waals surface area contributed by atoms with Crippen molar-refractivity contribution >= 4 is 23.2 Å². The summed E-state index contributed by atoms with van der Waals surface area (Å²) in [6, 6.07) is 5.15. The normalized spacial score (nSPS) is 10.2. The lowest BCUT2D eigenvalue weighted by Crippen LogP contribution is -2.13. The lowest BCUT2D eigenvalue weighted by molar-refractivity contribution is -0.116. The highest BCUT2D eigenvalue weighted by Crippen LogP contribution is 2.27. The van der Waals surface area contributed by atoms with Gasteiger partial charge < -0.3 is 15.4 Å². The van der Waals surface area contributed by atoms with Gasteiger partial charge in [0.15, 0.2) is 0 Å². The maximum Gasteiger partial charge on any atom is 0.224 e. The molecule has 20 heavy (non-hydrogen) atoms. The molecule has 0 aromatic heterocycles. The van der Waals surface area contributed by atoms with Crippen LogP contribution in [0.15, 0.2) is 18.2 Å². The monoisotopic (exact) mass is 278 g/mol. The van der Waals surface area contributed by atoms with E-state index in [0.717, 1.165) is 6.42 Å². The smallest absolute Gasteiger partial charge is 0.224 e. The number of amides is 2. The van der Waals surface area contributed by atoms with Crippen molar-refractivity contribution in [2.75, 3.05) is 17.7 Å².